The summed E-state index contributed by atoms with van der Waals surface area (Å²) in [7, 11) is 0. The topological polar surface area (TPSA) is 70.5 Å². The summed E-state index contributed by atoms with van der Waals surface area (Å²) in [5.74, 6) is -2.47. The molecule has 0 aliphatic carbocycles. The fourth-order valence-corrected chi connectivity index (χ4v) is 2.84. The number of nitrogens with two attached hydrogens (primary N) is 2. The summed E-state index contributed by atoms with van der Waals surface area (Å²) in [6.07, 6.45) is -14.6. The van der Waals surface area contributed by atoms with Gasteiger partial charge in [0.15, 0.2) is 0 Å². The first-order chi connectivity index (χ1) is 15.5. The minimum atomic E-state index is -4.98. The molecule has 3 aromatic rings. The van der Waals surface area contributed by atoms with E-state index in [0.29, 0.717) is 36.4 Å². The molecule has 13 heteroatoms. The van der Waals surface area contributed by atoms with Crippen molar-refractivity contribution in [3.63, 3.8) is 0 Å². The lowest BCUT2D eigenvalue weighted by molar-refractivity contribution is -0.139. The van der Waals surface area contributed by atoms with E-state index in [1.807, 2.05) is 0 Å². The molecular formula is C21H13F9N2O2. The molecule has 4 nitrogen and oxygen atoms in total. The zero-order valence-electron chi connectivity index (χ0n) is 16.6. The van der Waals surface area contributed by atoms with Crippen molar-refractivity contribution in [3.8, 4) is 23.0 Å². The van der Waals surface area contributed by atoms with Gasteiger partial charge in [0.2, 0.25) is 0 Å². The predicted molar refractivity (Wildman–Crippen MR) is 103 cm³/mol. The summed E-state index contributed by atoms with van der Waals surface area (Å²) in [6.45, 7) is 0. The number of ether oxygens (including phenoxy) is 2. The molecule has 0 fully saturated rings. The van der Waals surface area contributed by atoms with Crippen LogP contribution in [0.1, 0.15) is 16.7 Å². The molecule has 0 aliphatic heterocycles. The minimum absolute atomic E-state index is 0.326. The van der Waals surface area contributed by atoms with Crippen molar-refractivity contribution in [1.82, 2.24) is 0 Å². The van der Waals surface area contributed by atoms with Gasteiger partial charge in [0.1, 0.15) is 23.0 Å². The lowest BCUT2D eigenvalue weighted by Gasteiger charge is -2.17. The minimum Gasteiger partial charge on any atom is -0.457 e. The molecule has 0 saturated carbocycles. The highest BCUT2D eigenvalue weighted by molar-refractivity contribution is 5.53. The van der Waals surface area contributed by atoms with Gasteiger partial charge in [0, 0.05) is 29.6 Å². The Hall–Kier alpha value is -3.77. The molecule has 0 spiro atoms. The average Bonchev–Trinajstić information content (AvgIpc) is 2.65. The lowest BCUT2D eigenvalue weighted by Crippen LogP contribution is -2.09. The number of halogens is 9. The van der Waals surface area contributed by atoms with Crippen LogP contribution >= 0.6 is 0 Å². The van der Waals surface area contributed by atoms with Gasteiger partial charge in [-0.1, -0.05) is 0 Å². The van der Waals surface area contributed by atoms with Crippen molar-refractivity contribution in [3.05, 3.63) is 71.3 Å². The van der Waals surface area contributed by atoms with Gasteiger partial charge in [-0.25, -0.2) is 0 Å². The smallest absolute Gasteiger partial charge is 0.419 e. The van der Waals surface area contributed by atoms with Crippen LogP contribution in [0.2, 0.25) is 0 Å². The molecular weight excluding hydrogens is 483 g/mol. The summed E-state index contributed by atoms with van der Waals surface area (Å²) in [5, 5.41) is 0. The normalized spacial score (nSPS) is 12.5. The van der Waals surface area contributed by atoms with Gasteiger partial charge in [-0.3, -0.25) is 0 Å². The van der Waals surface area contributed by atoms with Crippen molar-refractivity contribution in [1.29, 1.82) is 0 Å². The maximum absolute atomic E-state index is 13.4. The first-order valence-electron chi connectivity index (χ1n) is 9.05. The summed E-state index contributed by atoms with van der Waals surface area (Å²) in [5.41, 5.74) is 6.28. The van der Waals surface area contributed by atoms with E-state index < -0.39 is 63.9 Å². The summed E-state index contributed by atoms with van der Waals surface area (Å²) in [6, 6.07) is 6.04. The van der Waals surface area contributed by atoms with Crippen LogP contribution in [0.4, 0.5) is 50.9 Å². The molecule has 34 heavy (non-hydrogen) atoms. The monoisotopic (exact) mass is 496 g/mol. The molecule has 3 aromatic carbocycles. The van der Waals surface area contributed by atoms with Crippen LogP contribution in [0, 0.1) is 0 Å². The van der Waals surface area contributed by atoms with E-state index in [1.165, 1.54) is 0 Å². The highest BCUT2D eigenvalue weighted by Crippen LogP contribution is 2.43. The van der Waals surface area contributed by atoms with Gasteiger partial charge in [0.05, 0.1) is 16.7 Å². The van der Waals surface area contributed by atoms with Gasteiger partial charge in [0.25, 0.3) is 0 Å². The largest absolute Gasteiger partial charge is 0.457 e. The maximum Gasteiger partial charge on any atom is 0.419 e. The maximum atomic E-state index is 13.4. The number of anilines is 2. The molecule has 0 unspecified atom stereocenters. The standard InChI is InChI=1S/C21H13F9N2O2/c22-19(23,24)10-3-12(31)7-15(5-10)33-14-1-2-17(21(28,29)30)18(9-14)34-16-6-11(20(25,26)27)4-13(32)8-16/h1-9H,31-32H2. The van der Waals surface area contributed by atoms with Crippen LogP contribution in [-0.4, -0.2) is 0 Å². The second kappa shape index (κ2) is 8.54. The second-order valence-corrected chi connectivity index (χ2v) is 6.94. The molecule has 182 valence electrons. The number of nitrogen functional groups attached to an aromatic ring is 2. The number of alkyl halides is 9. The highest BCUT2D eigenvalue weighted by atomic mass is 19.4. The Morgan fingerprint density at radius 1 is 0.500 bits per heavy atom. The molecule has 4 N–H and O–H groups in total. The molecule has 0 amide bonds. The number of hydrogen-bond acceptors (Lipinski definition) is 4. The van der Waals surface area contributed by atoms with Crippen molar-refractivity contribution in [2.75, 3.05) is 11.5 Å². The summed E-state index contributed by atoms with van der Waals surface area (Å²) >= 11 is 0. The predicted octanol–water partition coefficient (Wildman–Crippen LogP) is 7.49. The molecule has 0 heterocycles. The highest BCUT2D eigenvalue weighted by Gasteiger charge is 2.36. The third kappa shape index (κ3) is 5.97. The van der Waals surface area contributed by atoms with E-state index >= 15 is 0 Å². The van der Waals surface area contributed by atoms with Crippen LogP contribution in [0.3, 0.4) is 0 Å². The molecule has 0 atom stereocenters. The van der Waals surface area contributed by atoms with Crippen LogP contribution in [0.15, 0.2) is 54.6 Å². The first kappa shape index (κ1) is 24.9. The van der Waals surface area contributed by atoms with Crippen LogP contribution in [0.25, 0.3) is 0 Å². The molecule has 0 radical (unpaired) electrons. The Morgan fingerprint density at radius 2 is 0.971 bits per heavy atom. The fraction of sp³-hybridized carbons (Fsp3) is 0.143. The Morgan fingerprint density at radius 3 is 1.41 bits per heavy atom. The van der Waals surface area contributed by atoms with E-state index in [0.717, 1.165) is 18.2 Å². The molecule has 0 saturated heterocycles. The summed E-state index contributed by atoms with van der Waals surface area (Å²) in [4.78, 5) is 0. The van der Waals surface area contributed by atoms with Gasteiger partial charge in [-0.2, -0.15) is 39.5 Å². The molecule has 3 rings (SSSR count). The van der Waals surface area contributed by atoms with Crippen LogP contribution < -0.4 is 20.9 Å². The quantitative estimate of drug-likeness (QED) is 0.290. The van der Waals surface area contributed by atoms with E-state index in [9.17, 15) is 39.5 Å². The Balaban J connectivity index is 2.02. The van der Waals surface area contributed by atoms with Gasteiger partial charge >= 0.3 is 18.5 Å². The lowest BCUT2D eigenvalue weighted by atomic mass is 10.1. The Bertz CT molecular complexity index is 1200. The van der Waals surface area contributed by atoms with Crippen LogP contribution in [-0.2, 0) is 18.5 Å². The fourth-order valence-electron chi connectivity index (χ4n) is 2.84. The van der Waals surface area contributed by atoms with E-state index in [4.69, 9.17) is 20.9 Å². The second-order valence-electron chi connectivity index (χ2n) is 6.94. The van der Waals surface area contributed by atoms with Gasteiger partial charge in [-0.15, -0.1) is 0 Å². The number of benzene rings is 3. The molecule has 0 aliphatic rings. The third-order valence-corrected chi connectivity index (χ3v) is 4.23. The van der Waals surface area contributed by atoms with Gasteiger partial charge < -0.3 is 20.9 Å². The third-order valence-electron chi connectivity index (χ3n) is 4.23. The number of rotatable bonds is 4. The zero-order chi connectivity index (χ0) is 25.5. The van der Waals surface area contributed by atoms with E-state index in [-0.39, 0.29) is 5.69 Å². The summed E-state index contributed by atoms with van der Waals surface area (Å²) < 4.78 is 129. The van der Waals surface area contributed by atoms with Crippen molar-refractivity contribution in [2.24, 2.45) is 0 Å². The SMILES string of the molecule is Nc1cc(Oc2ccc(C(F)(F)F)c(Oc3cc(N)cc(C(F)(F)F)c3)c2)cc(C(F)(F)F)c1. The van der Waals surface area contributed by atoms with E-state index in [2.05, 4.69) is 0 Å². The van der Waals surface area contributed by atoms with Crippen molar-refractivity contribution < 1.29 is 49.0 Å². The van der Waals surface area contributed by atoms with E-state index in [1.54, 1.807) is 0 Å². The van der Waals surface area contributed by atoms with Gasteiger partial charge in [-0.05, 0) is 36.4 Å². The molecule has 0 aromatic heterocycles. The number of hydrogen-bond donors (Lipinski definition) is 2. The van der Waals surface area contributed by atoms with Crippen molar-refractivity contribution >= 4 is 11.4 Å². The Labute approximate surface area is 185 Å². The first-order valence-corrected chi connectivity index (χ1v) is 9.05. The zero-order valence-corrected chi connectivity index (χ0v) is 16.6. The Kier molecular flexibility index (Phi) is 6.24. The van der Waals surface area contributed by atoms with Crippen molar-refractivity contribution in [2.45, 2.75) is 18.5 Å². The van der Waals surface area contributed by atoms with Crippen LogP contribution in [0.5, 0.6) is 23.0 Å². The average molecular weight is 496 g/mol. The molecule has 0 bridgehead atoms.